The maximum Gasteiger partial charge on any atom is 0.300 e. The Hall–Kier alpha value is -1.71. The van der Waals surface area contributed by atoms with Gasteiger partial charge in [-0.05, 0) is 12.1 Å². The predicted molar refractivity (Wildman–Crippen MR) is 43.1 cm³/mol. The van der Waals surface area contributed by atoms with Crippen LogP contribution in [0.4, 0.5) is 0 Å². The number of aliphatic carboxylic acids is 1. The highest BCUT2D eigenvalue weighted by atomic mass is 16.4. The summed E-state index contributed by atoms with van der Waals surface area (Å²) in [5, 5.41) is 24.8. The van der Waals surface area contributed by atoms with E-state index >= 15 is 0 Å². The van der Waals surface area contributed by atoms with Crippen LogP contribution in [0.2, 0.25) is 0 Å². The minimum Gasteiger partial charge on any atom is -0.504 e. The summed E-state index contributed by atoms with van der Waals surface area (Å²) in [5.74, 6) is -0.986. The van der Waals surface area contributed by atoms with Crippen molar-refractivity contribution in [3.63, 3.8) is 0 Å². The van der Waals surface area contributed by atoms with Gasteiger partial charge in [0.05, 0.1) is 0 Å². The Morgan fingerprint density at radius 3 is 1.58 bits per heavy atom. The Balaban J connectivity index is 0.000000261. The van der Waals surface area contributed by atoms with Crippen molar-refractivity contribution in [3.8, 4) is 11.5 Å². The summed E-state index contributed by atoms with van der Waals surface area (Å²) in [7, 11) is 0. The smallest absolute Gasteiger partial charge is 0.300 e. The molecular weight excluding hydrogens is 160 g/mol. The van der Waals surface area contributed by atoms with Crippen LogP contribution >= 0.6 is 0 Å². The van der Waals surface area contributed by atoms with E-state index in [-0.39, 0.29) is 11.5 Å². The van der Waals surface area contributed by atoms with Crippen LogP contribution in [0.5, 0.6) is 11.5 Å². The Morgan fingerprint density at radius 2 is 1.42 bits per heavy atom. The summed E-state index contributed by atoms with van der Waals surface area (Å²) < 4.78 is 0. The Bertz CT molecular complexity index is 232. The van der Waals surface area contributed by atoms with Crippen LogP contribution in [0, 0.1) is 0 Å². The highest BCUT2D eigenvalue weighted by Crippen LogP contribution is 2.21. The van der Waals surface area contributed by atoms with Crippen molar-refractivity contribution in [2.45, 2.75) is 6.92 Å². The van der Waals surface area contributed by atoms with Gasteiger partial charge in [0.1, 0.15) is 0 Å². The molecule has 0 saturated carbocycles. The van der Waals surface area contributed by atoms with E-state index in [1.54, 1.807) is 12.1 Å². The van der Waals surface area contributed by atoms with Crippen LogP contribution in [0.1, 0.15) is 6.92 Å². The van der Waals surface area contributed by atoms with E-state index in [1.807, 2.05) is 0 Å². The average Bonchev–Trinajstić information content (AvgIpc) is 1.94. The van der Waals surface area contributed by atoms with Crippen LogP contribution in [0.25, 0.3) is 0 Å². The number of carboxylic acids is 1. The fourth-order valence-corrected chi connectivity index (χ4v) is 0.464. The van der Waals surface area contributed by atoms with Crippen molar-refractivity contribution in [2.24, 2.45) is 0 Å². The van der Waals surface area contributed by atoms with Gasteiger partial charge in [-0.1, -0.05) is 12.1 Å². The van der Waals surface area contributed by atoms with Gasteiger partial charge >= 0.3 is 0 Å². The first-order valence-corrected chi connectivity index (χ1v) is 3.20. The van der Waals surface area contributed by atoms with Gasteiger partial charge in [-0.15, -0.1) is 0 Å². The van der Waals surface area contributed by atoms with E-state index in [2.05, 4.69) is 0 Å². The van der Waals surface area contributed by atoms with Crippen LogP contribution in [-0.2, 0) is 4.79 Å². The second kappa shape index (κ2) is 5.01. The molecule has 0 aromatic heterocycles. The predicted octanol–water partition coefficient (Wildman–Crippen LogP) is 1.19. The van der Waals surface area contributed by atoms with Crippen LogP contribution in [0.3, 0.4) is 0 Å². The number of aromatic hydroxyl groups is 2. The molecule has 0 radical (unpaired) electrons. The molecule has 4 heteroatoms. The van der Waals surface area contributed by atoms with E-state index in [9.17, 15) is 0 Å². The van der Waals surface area contributed by atoms with Crippen molar-refractivity contribution in [1.82, 2.24) is 0 Å². The van der Waals surface area contributed by atoms with Crippen molar-refractivity contribution in [3.05, 3.63) is 24.3 Å². The largest absolute Gasteiger partial charge is 0.504 e. The summed E-state index contributed by atoms with van der Waals surface area (Å²) in [6, 6.07) is 6.15. The molecule has 0 aliphatic heterocycles. The lowest BCUT2D eigenvalue weighted by molar-refractivity contribution is -0.134. The number of benzene rings is 1. The van der Waals surface area contributed by atoms with Crippen LogP contribution < -0.4 is 0 Å². The van der Waals surface area contributed by atoms with Crippen LogP contribution in [0.15, 0.2) is 24.3 Å². The molecule has 0 amide bonds. The number of phenols is 2. The molecule has 1 rings (SSSR count). The molecule has 4 nitrogen and oxygen atoms in total. The van der Waals surface area contributed by atoms with E-state index in [1.165, 1.54) is 12.1 Å². The summed E-state index contributed by atoms with van der Waals surface area (Å²) >= 11 is 0. The number of phenolic OH excluding ortho intramolecular Hbond substituents is 2. The van der Waals surface area contributed by atoms with Gasteiger partial charge in [0.2, 0.25) is 0 Å². The molecule has 0 fully saturated rings. The lowest BCUT2D eigenvalue weighted by Gasteiger charge is -1.91. The molecule has 0 unspecified atom stereocenters. The van der Waals surface area contributed by atoms with Gasteiger partial charge in [0.15, 0.2) is 11.5 Å². The molecule has 0 saturated heterocycles. The van der Waals surface area contributed by atoms with E-state index in [0.717, 1.165) is 6.92 Å². The third-order valence-corrected chi connectivity index (χ3v) is 0.882. The zero-order chi connectivity index (χ0) is 9.56. The topological polar surface area (TPSA) is 77.8 Å². The monoisotopic (exact) mass is 170 g/mol. The van der Waals surface area contributed by atoms with Crippen molar-refractivity contribution in [1.29, 1.82) is 0 Å². The summed E-state index contributed by atoms with van der Waals surface area (Å²) in [6.07, 6.45) is 0. The maximum absolute atomic E-state index is 9.00. The lowest BCUT2D eigenvalue weighted by Crippen LogP contribution is -1.78. The normalized spacial score (nSPS) is 8.08. The van der Waals surface area contributed by atoms with Gasteiger partial charge in [0.25, 0.3) is 5.97 Å². The highest BCUT2D eigenvalue weighted by molar-refractivity contribution is 5.62. The molecule has 12 heavy (non-hydrogen) atoms. The van der Waals surface area contributed by atoms with Gasteiger partial charge in [-0.2, -0.15) is 0 Å². The second-order valence-corrected chi connectivity index (χ2v) is 2.01. The molecule has 3 N–H and O–H groups in total. The Labute approximate surface area is 69.7 Å². The zero-order valence-corrected chi connectivity index (χ0v) is 6.56. The van der Waals surface area contributed by atoms with Crippen molar-refractivity contribution < 1.29 is 20.1 Å². The maximum atomic E-state index is 9.00. The third kappa shape index (κ3) is 5.10. The molecule has 0 bridgehead atoms. The van der Waals surface area contributed by atoms with Gasteiger partial charge in [0, 0.05) is 6.92 Å². The van der Waals surface area contributed by atoms with Gasteiger partial charge < -0.3 is 15.3 Å². The molecule has 0 aliphatic carbocycles. The molecule has 0 atom stereocenters. The number of carboxylic acid groups (broad SMARTS) is 1. The number of rotatable bonds is 0. The van der Waals surface area contributed by atoms with Crippen LogP contribution in [-0.4, -0.2) is 21.3 Å². The molecular formula is C8H10O4. The first kappa shape index (κ1) is 10.3. The first-order chi connectivity index (χ1) is 5.54. The Kier molecular flexibility index (Phi) is 4.30. The first-order valence-electron chi connectivity index (χ1n) is 3.20. The zero-order valence-electron chi connectivity index (χ0n) is 6.56. The number of carbonyl (C=O) groups is 1. The minimum atomic E-state index is -0.833. The van der Waals surface area contributed by atoms with E-state index in [0.29, 0.717) is 0 Å². The van der Waals surface area contributed by atoms with Crippen molar-refractivity contribution >= 4 is 5.97 Å². The summed E-state index contributed by atoms with van der Waals surface area (Å²) in [4.78, 5) is 9.00. The summed E-state index contributed by atoms with van der Waals surface area (Å²) in [6.45, 7) is 1.08. The molecule has 0 aliphatic rings. The van der Waals surface area contributed by atoms with E-state index in [4.69, 9.17) is 20.1 Å². The minimum absolute atomic E-state index is 0.0764. The average molecular weight is 170 g/mol. The van der Waals surface area contributed by atoms with Gasteiger partial charge in [-0.25, -0.2) is 0 Å². The standard InChI is InChI=1S/C6H6O2.C2H4O2/c7-5-3-1-2-4-6(5)8;1-2(3)4/h1-4,7-8H;1H3,(H,3,4). The number of hydrogen-bond acceptors (Lipinski definition) is 3. The number of para-hydroxylation sites is 2. The fourth-order valence-electron chi connectivity index (χ4n) is 0.464. The fraction of sp³-hybridized carbons (Fsp3) is 0.125. The second-order valence-electron chi connectivity index (χ2n) is 2.01. The molecule has 66 valence electrons. The van der Waals surface area contributed by atoms with E-state index < -0.39 is 5.97 Å². The quantitative estimate of drug-likeness (QED) is 0.511. The Morgan fingerprint density at radius 1 is 1.17 bits per heavy atom. The SMILES string of the molecule is CC(=O)O.Oc1ccccc1O. The number of hydrogen-bond donors (Lipinski definition) is 3. The van der Waals surface area contributed by atoms with Crippen molar-refractivity contribution in [2.75, 3.05) is 0 Å². The molecule has 1 aromatic carbocycles. The molecule has 1 aromatic rings. The lowest BCUT2D eigenvalue weighted by atomic mass is 10.3. The van der Waals surface area contributed by atoms with Gasteiger partial charge in [-0.3, -0.25) is 4.79 Å². The summed E-state index contributed by atoms with van der Waals surface area (Å²) in [5.41, 5.74) is 0. The highest BCUT2D eigenvalue weighted by Gasteiger charge is 1.90. The third-order valence-electron chi connectivity index (χ3n) is 0.882. The molecule has 0 heterocycles. The molecule has 0 spiro atoms.